The number of hydrogen-bond acceptors (Lipinski definition) is 29. The molecule has 34 heteroatoms. The lowest BCUT2D eigenvalue weighted by Gasteiger charge is -2.42. The van der Waals surface area contributed by atoms with E-state index in [9.17, 15) is 30.3 Å². The van der Waals surface area contributed by atoms with Crippen LogP contribution >= 0.6 is 0 Å². The summed E-state index contributed by atoms with van der Waals surface area (Å²) in [5.74, 6) is 4.21. The number of aryl methyl sites for hydroxylation is 1. The van der Waals surface area contributed by atoms with E-state index < -0.39 is 31.8 Å². The maximum Gasteiger partial charge on any atom is 0.302 e. The summed E-state index contributed by atoms with van der Waals surface area (Å²) in [6.45, 7) is 20.5. The number of nitro benzene ring substituents is 3. The van der Waals surface area contributed by atoms with E-state index in [0.717, 1.165) is 176 Å². The monoisotopic (exact) mass is 1610 g/mol. The van der Waals surface area contributed by atoms with Crippen LogP contribution in [0.5, 0.6) is 34.5 Å². The molecule has 8 aromatic carbocycles. The fourth-order valence-electron chi connectivity index (χ4n) is 15.0. The quantitative estimate of drug-likeness (QED) is 0.0302. The number of ether oxygens (including phenoxy) is 6. The first-order chi connectivity index (χ1) is 57.8. The predicted octanol–water partition coefficient (Wildman–Crippen LogP) is 13.0. The summed E-state index contributed by atoms with van der Waals surface area (Å²) in [6.07, 6.45) is 20.9. The fraction of sp³-hybridized carbons (Fsp3) is 0.306. The Morgan fingerprint density at radius 1 is 0.454 bits per heavy atom. The molecule has 0 unspecified atom stereocenters. The van der Waals surface area contributed by atoms with Crippen molar-refractivity contribution in [1.82, 2.24) is 59.6 Å². The number of nitrogens with zero attached hydrogens (tertiary/aromatic N) is 18. The number of nitrogen functional groups attached to an aromatic ring is 3. The van der Waals surface area contributed by atoms with Crippen molar-refractivity contribution in [2.24, 2.45) is 7.05 Å². The number of hydrogen-bond donors (Lipinski definition) is 4. The van der Waals surface area contributed by atoms with Crippen LogP contribution in [-0.4, -0.2) is 196 Å². The Balaban J connectivity index is 0.000000138. The number of benzene rings is 8. The van der Waals surface area contributed by atoms with Gasteiger partial charge in [-0.1, -0.05) is 36.4 Å². The van der Waals surface area contributed by atoms with E-state index in [0.29, 0.717) is 34.7 Å². The van der Waals surface area contributed by atoms with E-state index in [1.54, 1.807) is 96.2 Å². The summed E-state index contributed by atoms with van der Waals surface area (Å²) in [4.78, 5) is 80.4. The van der Waals surface area contributed by atoms with Gasteiger partial charge in [-0.3, -0.25) is 80.0 Å². The van der Waals surface area contributed by atoms with Crippen LogP contribution in [0.25, 0.3) is 59.9 Å². The molecule has 17 rings (SSSR count). The van der Waals surface area contributed by atoms with Gasteiger partial charge >= 0.3 is 11.4 Å². The molecule has 34 nitrogen and oxygen atoms in total. The van der Waals surface area contributed by atoms with Crippen LogP contribution in [0.3, 0.4) is 0 Å². The second kappa shape index (κ2) is 39.9. The van der Waals surface area contributed by atoms with E-state index in [-0.39, 0.29) is 17.1 Å². The highest BCUT2D eigenvalue weighted by atomic mass is 16.6. The summed E-state index contributed by atoms with van der Waals surface area (Å²) >= 11 is 0. The lowest BCUT2D eigenvalue weighted by atomic mass is 9.81. The van der Waals surface area contributed by atoms with Gasteiger partial charge in [0, 0.05) is 208 Å². The second-order valence-corrected chi connectivity index (χ2v) is 28.2. The molecule has 5 aromatic heterocycles. The van der Waals surface area contributed by atoms with E-state index in [2.05, 4.69) is 152 Å². The molecule has 1 aliphatic carbocycles. The number of piperazine rings is 3. The largest absolute Gasteiger partial charge is 0.497 e. The zero-order valence-corrected chi connectivity index (χ0v) is 67.2. The molecule has 0 spiro atoms. The molecule has 0 amide bonds. The molecule has 3 aliphatic heterocycles. The van der Waals surface area contributed by atoms with E-state index >= 15 is 0 Å². The molecule has 0 radical (unpaired) electrons. The predicted molar refractivity (Wildman–Crippen MR) is 461 cm³/mol. The maximum atomic E-state index is 10.5. The van der Waals surface area contributed by atoms with Crippen molar-refractivity contribution in [3.05, 3.63) is 236 Å². The average molecular weight is 1620 g/mol. The Bertz CT molecular complexity index is 5700. The summed E-state index contributed by atoms with van der Waals surface area (Å²) < 4.78 is 33.1. The number of nitrogens with one attached hydrogen (secondary N) is 1. The number of aromatic nitrogens is 9. The molecule has 616 valence electrons. The normalized spacial score (nSPS) is 15.3. The Labute approximate surface area is 686 Å². The van der Waals surface area contributed by atoms with Crippen molar-refractivity contribution in [2.75, 3.05) is 153 Å². The SMILES string of the molecule is COc1cc(N)c2nccnc2c1.COc1cc(N2CCN(Cc3ccccc3)CC2)c2nccnc2c1.COc1cc(N2CCNCC2)c2nccnc2c1.COc1cc([N+](=O)[O-])c(N)c([N+](=O)[O-])c1.COc1ccc(N)c([N+](=O)[O-])c1.[C-]#[N+]c1ccc2c(c1)c(C1CCC(N3CCN(c4cc(OC)cc5nccnc45)CC3)CC1)cn2C. The first-order valence-corrected chi connectivity index (χ1v) is 38.5. The first-order valence-electron chi connectivity index (χ1n) is 38.5. The number of nitrogens with two attached hydrogens (primary N) is 3. The summed E-state index contributed by atoms with van der Waals surface area (Å²) in [5.41, 5.74) is 30.4. The number of rotatable bonds is 16. The van der Waals surface area contributed by atoms with Gasteiger partial charge in [-0.05, 0) is 72.4 Å². The molecule has 8 heterocycles. The van der Waals surface area contributed by atoms with Gasteiger partial charge in [0.1, 0.15) is 62.3 Å². The highest BCUT2D eigenvalue weighted by molar-refractivity contribution is 5.93. The second-order valence-electron chi connectivity index (χ2n) is 28.2. The maximum absolute atomic E-state index is 10.5. The van der Waals surface area contributed by atoms with Crippen molar-refractivity contribution < 1.29 is 43.2 Å². The molecule has 0 bridgehead atoms. The fourth-order valence-corrected chi connectivity index (χ4v) is 15.0. The Kier molecular flexibility index (Phi) is 28.3. The van der Waals surface area contributed by atoms with Crippen molar-refractivity contribution in [1.29, 1.82) is 0 Å². The summed E-state index contributed by atoms with van der Waals surface area (Å²) in [7, 11) is 11.5. The highest BCUT2D eigenvalue weighted by Crippen LogP contribution is 2.42. The highest BCUT2D eigenvalue weighted by Gasteiger charge is 2.32. The average Bonchev–Trinajstić information content (AvgIpc) is 1.73. The number of fused-ring (bicyclic) bond motifs is 5. The summed E-state index contributed by atoms with van der Waals surface area (Å²) in [5, 5.41) is 36.0. The van der Waals surface area contributed by atoms with Gasteiger partial charge in [-0.25, -0.2) is 4.85 Å². The molecule has 4 aliphatic rings. The molecule has 13 aromatic rings. The Morgan fingerprint density at radius 2 is 0.874 bits per heavy atom. The van der Waals surface area contributed by atoms with Crippen LogP contribution < -0.4 is 65.6 Å². The van der Waals surface area contributed by atoms with Crippen molar-refractivity contribution in [2.45, 2.75) is 44.2 Å². The van der Waals surface area contributed by atoms with Gasteiger partial charge in [0.15, 0.2) is 11.4 Å². The summed E-state index contributed by atoms with van der Waals surface area (Å²) in [6, 6.07) is 39.3. The Hall–Kier alpha value is -14.2. The molecular weight excluding hydrogens is 1520 g/mol. The molecule has 4 fully saturated rings. The number of methoxy groups -OCH3 is 6. The molecule has 119 heavy (non-hydrogen) atoms. The van der Waals surface area contributed by atoms with E-state index in [1.807, 2.05) is 30.3 Å². The van der Waals surface area contributed by atoms with E-state index in [1.165, 1.54) is 74.1 Å². The van der Waals surface area contributed by atoms with Gasteiger partial charge < -0.3 is 70.2 Å². The zero-order chi connectivity index (χ0) is 84.1. The van der Waals surface area contributed by atoms with Crippen LogP contribution in [0.1, 0.15) is 42.7 Å². The third kappa shape index (κ3) is 20.7. The van der Waals surface area contributed by atoms with Crippen molar-refractivity contribution >= 4 is 112 Å². The smallest absolute Gasteiger partial charge is 0.302 e. The van der Waals surface area contributed by atoms with Crippen LogP contribution in [0.15, 0.2) is 183 Å². The van der Waals surface area contributed by atoms with Gasteiger partial charge in [0.2, 0.25) is 0 Å². The molecule has 0 atom stereocenters. The third-order valence-electron chi connectivity index (χ3n) is 21.1. The van der Waals surface area contributed by atoms with Crippen LogP contribution in [-0.2, 0) is 13.6 Å². The van der Waals surface area contributed by atoms with Crippen molar-refractivity contribution in [3.63, 3.8) is 0 Å². The number of nitro groups is 3. The van der Waals surface area contributed by atoms with Gasteiger partial charge in [0.25, 0.3) is 5.69 Å². The molecule has 7 N–H and O–H groups in total. The van der Waals surface area contributed by atoms with Gasteiger partial charge in [-0.2, -0.15) is 0 Å². The van der Waals surface area contributed by atoms with Crippen LogP contribution in [0.4, 0.5) is 56.9 Å². The van der Waals surface area contributed by atoms with E-state index in [4.69, 9.17) is 47.5 Å². The lowest BCUT2D eigenvalue weighted by Crippen LogP contribution is -2.51. The van der Waals surface area contributed by atoms with Crippen molar-refractivity contribution in [3.8, 4) is 34.5 Å². The third-order valence-corrected chi connectivity index (χ3v) is 21.1. The minimum absolute atomic E-state index is 0.0163. The van der Waals surface area contributed by atoms with Gasteiger partial charge in [-0.15, -0.1) is 0 Å². The zero-order valence-electron chi connectivity index (χ0n) is 67.2. The molecule has 3 saturated heterocycles. The minimum atomic E-state index is -0.801. The molecular formula is C85H94N22O12. The van der Waals surface area contributed by atoms with Crippen LogP contribution in [0, 0.1) is 36.9 Å². The minimum Gasteiger partial charge on any atom is -0.497 e. The number of anilines is 6. The Morgan fingerprint density at radius 3 is 1.34 bits per heavy atom. The first kappa shape index (κ1) is 84.2. The standard InChI is InChI=1S/C29H32N6O.C20H22N4O.C13H16N4O.C9H9N3O.C7H7N3O5.C7H8N2O3/c1-30-21-6-9-27-24(16-21)25(19-33(27)2)20-4-7-22(8-5-20)34-12-14-35(15-13-34)28-18-23(36-3)17-26-29(28)32-11-10-31-26;1-25-17-13-18-20(22-8-7-21-18)19(14-17)24-11-9-23(10-12-24)15-16-5-3-2-4-6-16;1-18-10-8-11-13(16-3-2-15-11)12(9-10)17-6-4-14-5-7-17;1-13-6-4-7(10)9-8(5-6)11-2-3-12-9;1-15-4-2-5(9(11)12)7(8)6(3-4)10(13)14;1-12-5-2-3-6(8)7(4-5)9(10)11/h6,9-11,16-20,22H,4-5,7-8,12-15H2,2-3H3;2-8,13-14H,9-12,15H2,1H3;2-3,8-9,14H,4-7H2,1H3;2-5H,10H2,1H3;2-3H,8H2,1H3;2-4H,8H2,1H3. The lowest BCUT2D eigenvalue weighted by molar-refractivity contribution is -0.392. The topological polar surface area (TPSA) is 404 Å². The molecule has 1 saturated carbocycles. The van der Waals surface area contributed by atoms with Gasteiger partial charge in [0.05, 0.1) is 127 Å². The van der Waals surface area contributed by atoms with Crippen LogP contribution in [0.2, 0.25) is 0 Å².